The van der Waals surface area contributed by atoms with Gasteiger partial charge in [-0.3, -0.25) is 4.40 Å². The van der Waals surface area contributed by atoms with E-state index in [1.165, 1.54) is 0 Å². The molecule has 3 aromatic heterocycles. The highest BCUT2D eigenvalue weighted by molar-refractivity contribution is 5.43. The van der Waals surface area contributed by atoms with Gasteiger partial charge in [-0.05, 0) is 12.1 Å². The highest BCUT2D eigenvalue weighted by atomic mass is 19.1. The summed E-state index contributed by atoms with van der Waals surface area (Å²) in [6.07, 6.45) is 3.02. The Hall–Kier alpha value is -2.77. The van der Waals surface area contributed by atoms with Crippen molar-refractivity contribution >= 4 is 17.4 Å². The predicted molar refractivity (Wildman–Crippen MR) is 76.6 cm³/mol. The maximum Gasteiger partial charge on any atom is 0.225 e. The van der Waals surface area contributed by atoms with Crippen LogP contribution in [0.1, 0.15) is 5.82 Å². The standard InChI is InChI=1S/C13H14FN7/c1-20(2)12-9(14)7-15-13(17-12)16-8-11-19-18-10-5-3-4-6-21(10)11/h3-7H,8H2,1-2H3,(H,15,16,17). The summed E-state index contributed by atoms with van der Waals surface area (Å²) in [5.41, 5.74) is 0.767. The molecule has 0 fully saturated rings. The van der Waals surface area contributed by atoms with Crippen LogP contribution < -0.4 is 10.2 Å². The van der Waals surface area contributed by atoms with Crippen LogP contribution in [0.3, 0.4) is 0 Å². The molecule has 0 atom stereocenters. The van der Waals surface area contributed by atoms with Gasteiger partial charge in [0.05, 0.1) is 12.7 Å². The summed E-state index contributed by atoms with van der Waals surface area (Å²) in [6, 6.07) is 5.67. The molecule has 0 spiro atoms. The van der Waals surface area contributed by atoms with Gasteiger partial charge in [-0.2, -0.15) is 4.98 Å². The first-order valence-electron chi connectivity index (χ1n) is 6.37. The highest BCUT2D eigenvalue weighted by Crippen LogP contribution is 2.14. The van der Waals surface area contributed by atoms with Crippen LogP contribution in [-0.2, 0) is 6.54 Å². The molecule has 3 aromatic rings. The van der Waals surface area contributed by atoms with Gasteiger partial charge in [0.1, 0.15) is 0 Å². The number of hydrogen-bond donors (Lipinski definition) is 1. The molecule has 3 heterocycles. The number of rotatable bonds is 4. The topological polar surface area (TPSA) is 71.2 Å². The van der Waals surface area contributed by atoms with E-state index < -0.39 is 5.82 Å². The maximum atomic E-state index is 13.5. The van der Waals surface area contributed by atoms with Gasteiger partial charge in [0.15, 0.2) is 23.1 Å². The molecule has 1 N–H and O–H groups in total. The number of anilines is 2. The SMILES string of the molecule is CN(C)c1nc(NCc2nnc3ccccn23)ncc1F. The molecule has 3 rings (SSSR count). The van der Waals surface area contributed by atoms with Crippen molar-refractivity contribution in [3.63, 3.8) is 0 Å². The third-order valence-electron chi connectivity index (χ3n) is 2.94. The molecule has 0 bridgehead atoms. The fourth-order valence-corrected chi connectivity index (χ4v) is 1.93. The molecule has 0 aliphatic heterocycles. The number of hydrogen-bond acceptors (Lipinski definition) is 6. The van der Waals surface area contributed by atoms with Crippen LogP contribution in [0.15, 0.2) is 30.6 Å². The number of fused-ring (bicyclic) bond motifs is 1. The lowest BCUT2D eigenvalue weighted by Crippen LogP contribution is -2.15. The summed E-state index contributed by atoms with van der Waals surface area (Å²) < 4.78 is 15.4. The van der Waals surface area contributed by atoms with Crippen molar-refractivity contribution in [1.29, 1.82) is 0 Å². The van der Waals surface area contributed by atoms with E-state index in [1.54, 1.807) is 19.0 Å². The Morgan fingerprint density at radius 1 is 1.29 bits per heavy atom. The van der Waals surface area contributed by atoms with Crippen molar-refractivity contribution in [3.05, 3.63) is 42.2 Å². The van der Waals surface area contributed by atoms with E-state index in [0.29, 0.717) is 12.5 Å². The lowest BCUT2D eigenvalue weighted by atomic mass is 10.4. The van der Waals surface area contributed by atoms with Gasteiger partial charge in [0.25, 0.3) is 0 Å². The van der Waals surface area contributed by atoms with Crippen LogP contribution in [0.2, 0.25) is 0 Å². The molecule has 0 radical (unpaired) electrons. The van der Waals surface area contributed by atoms with Crippen LogP contribution in [0.25, 0.3) is 5.65 Å². The molecule has 0 aliphatic rings. The average Bonchev–Trinajstić information content (AvgIpc) is 2.89. The maximum absolute atomic E-state index is 13.5. The highest BCUT2D eigenvalue weighted by Gasteiger charge is 2.10. The number of aromatic nitrogens is 5. The molecule has 0 unspecified atom stereocenters. The van der Waals surface area contributed by atoms with Crippen molar-refractivity contribution in [3.8, 4) is 0 Å². The van der Waals surface area contributed by atoms with Crippen molar-refractivity contribution in [1.82, 2.24) is 24.6 Å². The second kappa shape index (κ2) is 5.31. The zero-order chi connectivity index (χ0) is 14.8. The van der Waals surface area contributed by atoms with Gasteiger partial charge in [0.2, 0.25) is 5.95 Å². The largest absolute Gasteiger partial charge is 0.360 e. The molecular weight excluding hydrogens is 273 g/mol. The Morgan fingerprint density at radius 3 is 2.95 bits per heavy atom. The van der Waals surface area contributed by atoms with E-state index in [4.69, 9.17) is 0 Å². The third kappa shape index (κ3) is 2.60. The van der Waals surface area contributed by atoms with Crippen molar-refractivity contribution in [2.75, 3.05) is 24.3 Å². The molecule has 7 nitrogen and oxygen atoms in total. The Labute approximate surface area is 120 Å². The number of halogens is 1. The van der Waals surface area contributed by atoms with Gasteiger partial charge in [-0.1, -0.05) is 6.07 Å². The number of nitrogens with zero attached hydrogens (tertiary/aromatic N) is 6. The van der Waals surface area contributed by atoms with Crippen molar-refractivity contribution < 1.29 is 4.39 Å². The van der Waals surface area contributed by atoms with E-state index in [9.17, 15) is 4.39 Å². The first kappa shape index (κ1) is 13.2. The minimum absolute atomic E-state index is 0.235. The molecule has 0 amide bonds. The van der Waals surface area contributed by atoms with E-state index in [2.05, 4.69) is 25.5 Å². The van der Waals surface area contributed by atoms with Crippen LogP contribution in [0, 0.1) is 5.82 Å². The van der Waals surface area contributed by atoms with Crippen molar-refractivity contribution in [2.45, 2.75) is 6.54 Å². The summed E-state index contributed by atoms with van der Waals surface area (Å²) in [5, 5.41) is 11.2. The van der Waals surface area contributed by atoms with Crippen LogP contribution in [0.5, 0.6) is 0 Å². The summed E-state index contributed by atoms with van der Waals surface area (Å²) in [4.78, 5) is 9.63. The van der Waals surface area contributed by atoms with Crippen LogP contribution in [0.4, 0.5) is 16.2 Å². The predicted octanol–water partition coefficient (Wildman–Crippen LogP) is 1.34. The second-order valence-corrected chi connectivity index (χ2v) is 4.66. The Morgan fingerprint density at radius 2 is 2.14 bits per heavy atom. The molecule has 0 aromatic carbocycles. The monoisotopic (exact) mass is 287 g/mol. The minimum Gasteiger partial charge on any atom is -0.360 e. The molecule has 0 saturated heterocycles. The lowest BCUT2D eigenvalue weighted by molar-refractivity contribution is 0.612. The van der Waals surface area contributed by atoms with E-state index in [0.717, 1.165) is 17.7 Å². The fourth-order valence-electron chi connectivity index (χ4n) is 1.93. The molecule has 0 aliphatic carbocycles. The smallest absolute Gasteiger partial charge is 0.225 e. The Bertz CT molecular complexity index is 768. The molecule has 21 heavy (non-hydrogen) atoms. The van der Waals surface area contributed by atoms with Gasteiger partial charge in [0, 0.05) is 20.3 Å². The van der Waals surface area contributed by atoms with Crippen LogP contribution in [-0.4, -0.2) is 38.7 Å². The van der Waals surface area contributed by atoms with Gasteiger partial charge >= 0.3 is 0 Å². The van der Waals surface area contributed by atoms with E-state index in [1.807, 2.05) is 28.8 Å². The summed E-state index contributed by atoms with van der Waals surface area (Å²) in [5.74, 6) is 0.842. The third-order valence-corrected chi connectivity index (χ3v) is 2.94. The fraction of sp³-hybridized carbons (Fsp3) is 0.231. The van der Waals surface area contributed by atoms with E-state index >= 15 is 0 Å². The Balaban J connectivity index is 1.80. The Kier molecular flexibility index (Phi) is 3.35. The first-order chi connectivity index (χ1) is 10.1. The molecule has 8 heteroatoms. The summed E-state index contributed by atoms with van der Waals surface area (Å²) in [7, 11) is 3.45. The quantitative estimate of drug-likeness (QED) is 0.780. The van der Waals surface area contributed by atoms with Crippen molar-refractivity contribution in [2.24, 2.45) is 0 Å². The van der Waals surface area contributed by atoms with Gasteiger partial charge in [-0.15, -0.1) is 10.2 Å². The normalized spacial score (nSPS) is 10.8. The van der Waals surface area contributed by atoms with Crippen LogP contribution >= 0.6 is 0 Å². The zero-order valence-electron chi connectivity index (χ0n) is 11.7. The second-order valence-electron chi connectivity index (χ2n) is 4.66. The van der Waals surface area contributed by atoms with Gasteiger partial charge in [-0.25, -0.2) is 9.37 Å². The summed E-state index contributed by atoms with van der Waals surface area (Å²) in [6.45, 7) is 0.393. The number of pyridine rings is 1. The number of nitrogens with one attached hydrogen (secondary N) is 1. The van der Waals surface area contributed by atoms with Gasteiger partial charge < -0.3 is 10.2 Å². The first-order valence-corrected chi connectivity index (χ1v) is 6.37. The molecular formula is C13H14FN7. The molecule has 0 saturated carbocycles. The summed E-state index contributed by atoms with van der Waals surface area (Å²) >= 11 is 0. The van der Waals surface area contributed by atoms with E-state index in [-0.39, 0.29) is 5.82 Å². The lowest BCUT2D eigenvalue weighted by Gasteiger charge is -2.13. The average molecular weight is 287 g/mol. The molecule has 108 valence electrons. The zero-order valence-corrected chi connectivity index (χ0v) is 11.7. The minimum atomic E-state index is -0.460.